The van der Waals surface area contributed by atoms with Crippen LogP contribution < -0.4 is 0 Å². The molecule has 2 rings (SSSR count). The van der Waals surface area contributed by atoms with E-state index in [-0.39, 0.29) is 6.61 Å². The number of hydrogen-bond donors (Lipinski definition) is 1. The summed E-state index contributed by atoms with van der Waals surface area (Å²) >= 11 is 0. The van der Waals surface area contributed by atoms with Crippen LogP contribution >= 0.6 is 0 Å². The van der Waals surface area contributed by atoms with Crippen molar-refractivity contribution in [3.05, 3.63) is 35.4 Å². The van der Waals surface area contributed by atoms with Crippen LogP contribution in [0.5, 0.6) is 0 Å². The lowest BCUT2D eigenvalue weighted by molar-refractivity contribution is 0.256. The minimum atomic E-state index is -0.0781. The molecule has 0 amide bonds. The monoisotopic (exact) mass is 271 g/mol. The molecule has 0 radical (unpaired) electrons. The van der Waals surface area contributed by atoms with Gasteiger partial charge in [-0.15, -0.1) is 0 Å². The lowest BCUT2D eigenvalue weighted by Crippen LogP contribution is -2.25. The number of benzene rings is 1. The molecule has 0 spiro atoms. The van der Waals surface area contributed by atoms with Gasteiger partial charge in [-0.25, -0.2) is 0 Å². The SMILES string of the molecule is CC1(C)CCCN(Cc2ccc(C#CCO)cc2)CC1. The highest BCUT2D eigenvalue weighted by Gasteiger charge is 2.22. The standard InChI is InChI=1S/C18H25NO/c1-18(2)10-4-12-19(13-11-18)15-17-8-6-16(7-9-17)5-3-14-20/h6-9,20H,4,10-15H2,1-2H3. The van der Waals surface area contributed by atoms with Crippen LogP contribution in [0, 0.1) is 17.3 Å². The molecule has 108 valence electrons. The van der Waals surface area contributed by atoms with E-state index in [1.54, 1.807) is 0 Å². The molecule has 2 heteroatoms. The molecule has 0 aliphatic carbocycles. The highest BCUT2D eigenvalue weighted by Crippen LogP contribution is 2.30. The van der Waals surface area contributed by atoms with Crippen LogP contribution in [0.4, 0.5) is 0 Å². The minimum Gasteiger partial charge on any atom is -0.384 e. The summed E-state index contributed by atoms with van der Waals surface area (Å²) in [5, 5.41) is 8.69. The van der Waals surface area contributed by atoms with Crippen molar-refractivity contribution in [2.75, 3.05) is 19.7 Å². The van der Waals surface area contributed by atoms with Gasteiger partial charge in [0, 0.05) is 12.1 Å². The molecule has 0 aromatic heterocycles. The Morgan fingerprint density at radius 3 is 2.60 bits per heavy atom. The van der Waals surface area contributed by atoms with Crippen LogP contribution in [0.2, 0.25) is 0 Å². The van der Waals surface area contributed by atoms with Crippen LogP contribution in [0.1, 0.15) is 44.2 Å². The summed E-state index contributed by atoms with van der Waals surface area (Å²) in [4.78, 5) is 2.56. The summed E-state index contributed by atoms with van der Waals surface area (Å²) < 4.78 is 0. The quantitative estimate of drug-likeness (QED) is 0.836. The molecular formula is C18H25NO. The molecule has 1 aliphatic rings. The molecule has 2 nitrogen and oxygen atoms in total. The number of hydrogen-bond acceptors (Lipinski definition) is 2. The highest BCUT2D eigenvalue weighted by atomic mass is 16.2. The van der Waals surface area contributed by atoms with Gasteiger partial charge in [-0.2, -0.15) is 0 Å². The number of aliphatic hydroxyl groups is 1. The van der Waals surface area contributed by atoms with E-state index in [0.717, 1.165) is 12.1 Å². The molecule has 1 aromatic rings. The number of aliphatic hydroxyl groups excluding tert-OH is 1. The van der Waals surface area contributed by atoms with Crippen LogP contribution in [-0.4, -0.2) is 29.7 Å². The predicted octanol–water partition coefficient (Wildman–Crippen LogP) is 3.04. The van der Waals surface area contributed by atoms with E-state index in [9.17, 15) is 0 Å². The second-order valence-electron chi connectivity index (χ2n) is 6.45. The van der Waals surface area contributed by atoms with Gasteiger partial charge in [0.1, 0.15) is 6.61 Å². The third kappa shape index (κ3) is 4.67. The Morgan fingerprint density at radius 2 is 1.90 bits per heavy atom. The topological polar surface area (TPSA) is 23.5 Å². The second-order valence-corrected chi connectivity index (χ2v) is 6.45. The fourth-order valence-corrected chi connectivity index (χ4v) is 2.73. The Labute approximate surface area is 122 Å². The summed E-state index contributed by atoms with van der Waals surface area (Å²) in [5.74, 6) is 5.61. The largest absolute Gasteiger partial charge is 0.384 e. The molecule has 0 saturated carbocycles. The number of nitrogens with zero attached hydrogens (tertiary/aromatic N) is 1. The third-order valence-electron chi connectivity index (χ3n) is 4.10. The first kappa shape index (κ1) is 15.1. The molecule has 20 heavy (non-hydrogen) atoms. The van der Waals surface area contributed by atoms with Gasteiger partial charge < -0.3 is 5.11 Å². The van der Waals surface area contributed by atoms with Crippen molar-refractivity contribution in [3.63, 3.8) is 0 Å². The lowest BCUT2D eigenvalue weighted by atomic mass is 9.85. The molecule has 1 saturated heterocycles. The zero-order valence-corrected chi connectivity index (χ0v) is 12.7. The van der Waals surface area contributed by atoms with Crippen LogP contribution in [0.25, 0.3) is 0 Å². The van der Waals surface area contributed by atoms with E-state index in [1.165, 1.54) is 37.9 Å². The summed E-state index contributed by atoms with van der Waals surface area (Å²) in [7, 11) is 0. The zero-order chi connectivity index (χ0) is 14.4. The van der Waals surface area contributed by atoms with E-state index in [4.69, 9.17) is 5.11 Å². The van der Waals surface area contributed by atoms with Gasteiger partial charge in [0.15, 0.2) is 0 Å². The molecule has 0 unspecified atom stereocenters. The summed E-state index contributed by atoms with van der Waals surface area (Å²) in [6.07, 6.45) is 3.92. The van der Waals surface area contributed by atoms with E-state index in [2.05, 4.69) is 42.7 Å². The molecular weight excluding hydrogens is 246 g/mol. The molecule has 1 N–H and O–H groups in total. The maximum atomic E-state index is 8.69. The Morgan fingerprint density at radius 1 is 1.15 bits per heavy atom. The smallest absolute Gasteiger partial charge is 0.104 e. The van der Waals surface area contributed by atoms with Crippen molar-refractivity contribution in [1.29, 1.82) is 0 Å². The first-order chi connectivity index (χ1) is 9.59. The lowest BCUT2D eigenvalue weighted by Gasteiger charge is -2.23. The molecule has 1 aromatic carbocycles. The molecule has 1 heterocycles. The Hall–Kier alpha value is -1.30. The molecule has 0 bridgehead atoms. The summed E-state index contributed by atoms with van der Waals surface area (Å²) in [6.45, 7) is 8.11. The number of rotatable bonds is 2. The van der Waals surface area contributed by atoms with Gasteiger partial charge >= 0.3 is 0 Å². The van der Waals surface area contributed by atoms with Crippen molar-refractivity contribution in [3.8, 4) is 11.8 Å². The normalized spacial score (nSPS) is 18.9. The van der Waals surface area contributed by atoms with E-state index >= 15 is 0 Å². The second kappa shape index (κ2) is 6.92. The fraction of sp³-hybridized carbons (Fsp3) is 0.556. The summed E-state index contributed by atoms with van der Waals surface area (Å²) in [5.41, 5.74) is 2.82. The molecule has 1 aliphatic heterocycles. The number of likely N-dealkylation sites (tertiary alicyclic amines) is 1. The maximum Gasteiger partial charge on any atom is 0.104 e. The molecule has 1 fully saturated rings. The fourth-order valence-electron chi connectivity index (χ4n) is 2.73. The van der Waals surface area contributed by atoms with E-state index < -0.39 is 0 Å². The Kier molecular flexibility index (Phi) is 5.23. The van der Waals surface area contributed by atoms with Gasteiger partial charge in [0.25, 0.3) is 0 Å². The minimum absolute atomic E-state index is 0.0781. The first-order valence-electron chi connectivity index (χ1n) is 7.50. The zero-order valence-electron chi connectivity index (χ0n) is 12.7. The van der Waals surface area contributed by atoms with Gasteiger partial charge in [-0.05, 0) is 55.5 Å². The van der Waals surface area contributed by atoms with Crippen molar-refractivity contribution in [2.45, 2.75) is 39.7 Å². The van der Waals surface area contributed by atoms with Gasteiger partial charge in [0.05, 0.1) is 0 Å². The summed E-state index contributed by atoms with van der Waals surface area (Å²) in [6, 6.07) is 8.38. The maximum absolute atomic E-state index is 8.69. The van der Waals surface area contributed by atoms with Gasteiger partial charge in [0.2, 0.25) is 0 Å². The Bertz CT molecular complexity index is 478. The average Bonchev–Trinajstić information content (AvgIpc) is 2.59. The van der Waals surface area contributed by atoms with Crippen molar-refractivity contribution < 1.29 is 5.11 Å². The van der Waals surface area contributed by atoms with Crippen LogP contribution in [-0.2, 0) is 6.54 Å². The van der Waals surface area contributed by atoms with Crippen LogP contribution in [0.3, 0.4) is 0 Å². The first-order valence-corrected chi connectivity index (χ1v) is 7.50. The van der Waals surface area contributed by atoms with Gasteiger partial charge in [-0.1, -0.05) is 37.8 Å². The van der Waals surface area contributed by atoms with Crippen molar-refractivity contribution in [2.24, 2.45) is 5.41 Å². The van der Waals surface area contributed by atoms with E-state index in [0.29, 0.717) is 5.41 Å². The van der Waals surface area contributed by atoms with Gasteiger partial charge in [-0.3, -0.25) is 4.90 Å². The van der Waals surface area contributed by atoms with E-state index in [1.807, 2.05) is 12.1 Å². The van der Waals surface area contributed by atoms with Crippen molar-refractivity contribution in [1.82, 2.24) is 4.90 Å². The van der Waals surface area contributed by atoms with Crippen molar-refractivity contribution >= 4 is 0 Å². The van der Waals surface area contributed by atoms with Crippen LogP contribution in [0.15, 0.2) is 24.3 Å². The third-order valence-corrected chi connectivity index (χ3v) is 4.10. The average molecular weight is 271 g/mol. The predicted molar refractivity (Wildman–Crippen MR) is 83.3 cm³/mol. The highest BCUT2D eigenvalue weighted by molar-refractivity contribution is 5.36. The molecule has 0 atom stereocenters. The Balaban J connectivity index is 1.93.